The second-order valence-corrected chi connectivity index (χ2v) is 7.95. The molecule has 2 aromatic rings. The van der Waals surface area contributed by atoms with Crippen molar-refractivity contribution in [3.8, 4) is 0 Å². The number of hydrogen-bond acceptors (Lipinski definition) is 4. The van der Waals surface area contributed by atoms with E-state index in [1.165, 1.54) is 0 Å². The fraction of sp³-hybridized carbons (Fsp3) is 0.375. The summed E-state index contributed by atoms with van der Waals surface area (Å²) in [6.07, 6.45) is 0.865. The normalized spacial score (nSPS) is 12.1. The molecule has 0 unspecified atom stereocenters. The van der Waals surface area contributed by atoms with Gasteiger partial charge in [-0.1, -0.05) is 60.7 Å². The van der Waals surface area contributed by atoms with E-state index in [4.69, 9.17) is 4.74 Å². The standard InChI is InChI=1S/C24H29NO4/c1-24(2,3)29-23(28)17-16-22(27)25-20(18-10-6-4-7-11-18)14-15-21(26)19-12-8-5-9-13-19/h4-13,20H,14-17H2,1-3H3,(H,25,27)/t20-/m1/s1. The van der Waals surface area contributed by atoms with Gasteiger partial charge in [-0.15, -0.1) is 0 Å². The average molecular weight is 395 g/mol. The topological polar surface area (TPSA) is 72.5 Å². The lowest BCUT2D eigenvalue weighted by Gasteiger charge is -2.21. The fourth-order valence-corrected chi connectivity index (χ4v) is 2.93. The SMILES string of the molecule is CC(C)(C)OC(=O)CCC(=O)N[C@H](CCC(=O)c1ccccc1)c1ccccc1. The number of hydrogen-bond donors (Lipinski definition) is 1. The molecule has 0 fully saturated rings. The number of Topliss-reactive ketones (excluding diaryl/α,β-unsaturated/α-hetero) is 1. The highest BCUT2D eigenvalue weighted by Gasteiger charge is 2.20. The van der Waals surface area contributed by atoms with E-state index in [0.29, 0.717) is 18.4 Å². The second kappa shape index (κ2) is 10.6. The van der Waals surface area contributed by atoms with E-state index in [2.05, 4.69) is 5.32 Å². The van der Waals surface area contributed by atoms with Gasteiger partial charge in [0.25, 0.3) is 0 Å². The highest BCUT2D eigenvalue weighted by Crippen LogP contribution is 2.20. The summed E-state index contributed by atoms with van der Waals surface area (Å²) in [6.45, 7) is 5.38. The lowest BCUT2D eigenvalue weighted by Crippen LogP contribution is -2.30. The molecule has 0 heterocycles. The maximum Gasteiger partial charge on any atom is 0.306 e. The molecule has 1 N–H and O–H groups in total. The first-order valence-corrected chi connectivity index (χ1v) is 9.89. The predicted octanol–water partition coefficient (Wildman–Crippen LogP) is 4.63. The molecule has 29 heavy (non-hydrogen) atoms. The van der Waals surface area contributed by atoms with Crippen LogP contribution in [-0.4, -0.2) is 23.3 Å². The number of ketones is 1. The van der Waals surface area contributed by atoms with Crippen molar-refractivity contribution in [3.63, 3.8) is 0 Å². The van der Waals surface area contributed by atoms with Crippen molar-refractivity contribution in [1.82, 2.24) is 5.32 Å². The van der Waals surface area contributed by atoms with Crippen LogP contribution in [0.4, 0.5) is 0 Å². The molecule has 5 nitrogen and oxygen atoms in total. The number of ether oxygens (including phenoxy) is 1. The van der Waals surface area contributed by atoms with Crippen molar-refractivity contribution in [3.05, 3.63) is 71.8 Å². The zero-order chi connectivity index (χ0) is 21.3. The average Bonchev–Trinajstić information content (AvgIpc) is 2.69. The molecule has 0 aromatic heterocycles. The summed E-state index contributed by atoms with van der Waals surface area (Å²) in [6, 6.07) is 18.4. The van der Waals surface area contributed by atoms with E-state index in [0.717, 1.165) is 5.56 Å². The molecule has 0 aliphatic carbocycles. The minimum atomic E-state index is -0.571. The van der Waals surface area contributed by atoms with Gasteiger partial charge in [-0.2, -0.15) is 0 Å². The highest BCUT2D eigenvalue weighted by molar-refractivity contribution is 5.96. The van der Waals surface area contributed by atoms with Gasteiger partial charge in [0.1, 0.15) is 5.60 Å². The van der Waals surface area contributed by atoms with Crippen LogP contribution >= 0.6 is 0 Å². The first-order chi connectivity index (χ1) is 13.7. The number of nitrogens with one attached hydrogen (secondary N) is 1. The number of benzene rings is 2. The molecule has 1 amide bonds. The molecule has 0 radical (unpaired) electrons. The Morgan fingerprint density at radius 1 is 0.862 bits per heavy atom. The van der Waals surface area contributed by atoms with Crippen molar-refractivity contribution in [2.24, 2.45) is 0 Å². The Kier molecular flexibility index (Phi) is 8.13. The zero-order valence-corrected chi connectivity index (χ0v) is 17.3. The molecule has 0 bridgehead atoms. The third kappa shape index (κ3) is 8.30. The molecule has 5 heteroatoms. The van der Waals surface area contributed by atoms with Crippen LogP contribution in [0.25, 0.3) is 0 Å². The van der Waals surface area contributed by atoms with Gasteiger partial charge in [-0.3, -0.25) is 14.4 Å². The minimum absolute atomic E-state index is 0.0214. The summed E-state index contributed by atoms with van der Waals surface area (Å²) < 4.78 is 5.24. The molecule has 1 atom stereocenters. The van der Waals surface area contributed by atoms with Gasteiger partial charge >= 0.3 is 5.97 Å². The van der Waals surface area contributed by atoms with Crippen LogP contribution in [0.3, 0.4) is 0 Å². The van der Waals surface area contributed by atoms with Crippen LogP contribution in [0.2, 0.25) is 0 Å². The summed E-state index contributed by atoms with van der Waals surface area (Å²) in [5, 5.41) is 2.96. The van der Waals surface area contributed by atoms with Crippen LogP contribution < -0.4 is 5.32 Å². The monoisotopic (exact) mass is 395 g/mol. The second-order valence-electron chi connectivity index (χ2n) is 7.95. The van der Waals surface area contributed by atoms with Crippen molar-refractivity contribution in [1.29, 1.82) is 0 Å². The molecule has 154 valence electrons. The number of carbonyl (C=O) groups is 3. The van der Waals surface area contributed by atoms with Gasteiger partial charge in [0.15, 0.2) is 5.78 Å². The Bertz CT molecular complexity index is 810. The number of rotatable bonds is 9. The third-order valence-electron chi connectivity index (χ3n) is 4.27. The summed E-state index contributed by atoms with van der Waals surface area (Å²) >= 11 is 0. The molecule has 0 saturated heterocycles. The summed E-state index contributed by atoms with van der Waals surface area (Å²) in [7, 11) is 0. The summed E-state index contributed by atoms with van der Waals surface area (Å²) in [5.41, 5.74) is 1.02. The van der Waals surface area contributed by atoms with E-state index >= 15 is 0 Å². The Labute approximate surface area is 172 Å². The Hall–Kier alpha value is -2.95. The maximum atomic E-state index is 12.4. The zero-order valence-electron chi connectivity index (χ0n) is 17.3. The molecule has 0 aliphatic heterocycles. The lowest BCUT2D eigenvalue weighted by molar-refractivity contribution is -0.155. The minimum Gasteiger partial charge on any atom is -0.460 e. The van der Waals surface area contributed by atoms with Gasteiger partial charge < -0.3 is 10.1 Å². The number of carbonyl (C=O) groups excluding carboxylic acids is 3. The van der Waals surface area contributed by atoms with Crippen LogP contribution in [0, 0.1) is 0 Å². The Morgan fingerprint density at radius 2 is 1.45 bits per heavy atom. The van der Waals surface area contributed by atoms with E-state index in [1.54, 1.807) is 32.9 Å². The first-order valence-electron chi connectivity index (χ1n) is 9.89. The van der Waals surface area contributed by atoms with E-state index in [-0.39, 0.29) is 30.6 Å². The van der Waals surface area contributed by atoms with Gasteiger partial charge in [-0.25, -0.2) is 0 Å². The Balaban J connectivity index is 1.95. The van der Waals surface area contributed by atoms with Crippen LogP contribution in [0.15, 0.2) is 60.7 Å². The van der Waals surface area contributed by atoms with E-state index < -0.39 is 11.6 Å². The number of esters is 1. The fourth-order valence-electron chi connectivity index (χ4n) is 2.93. The van der Waals surface area contributed by atoms with E-state index in [1.807, 2.05) is 48.5 Å². The van der Waals surface area contributed by atoms with Crippen molar-refractivity contribution >= 4 is 17.7 Å². The summed E-state index contributed by atoms with van der Waals surface area (Å²) in [5.74, 6) is -0.602. The van der Waals surface area contributed by atoms with Gasteiger partial charge in [-0.05, 0) is 32.8 Å². The van der Waals surface area contributed by atoms with Gasteiger partial charge in [0.2, 0.25) is 5.91 Å². The van der Waals surface area contributed by atoms with Crippen LogP contribution in [-0.2, 0) is 14.3 Å². The first kappa shape index (κ1) is 22.3. The van der Waals surface area contributed by atoms with Crippen molar-refractivity contribution in [2.75, 3.05) is 0 Å². The third-order valence-corrected chi connectivity index (χ3v) is 4.27. The smallest absolute Gasteiger partial charge is 0.306 e. The Morgan fingerprint density at radius 3 is 2.03 bits per heavy atom. The molecule has 0 aliphatic rings. The van der Waals surface area contributed by atoms with Crippen LogP contribution in [0.5, 0.6) is 0 Å². The maximum absolute atomic E-state index is 12.4. The highest BCUT2D eigenvalue weighted by atomic mass is 16.6. The lowest BCUT2D eigenvalue weighted by atomic mass is 9.98. The molecule has 0 saturated carbocycles. The largest absolute Gasteiger partial charge is 0.460 e. The molecule has 0 spiro atoms. The quantitative estimate of drug-likeness (QED) is 0.496. The van der Waals surface area contributed by atoms with Crippen molar-refractivity contribution < 1.29 is 19.1 Å². The molecular weight excluding hydrogens is 366 g/mol. The summed E-state index contributed by atoms with van der Waals surface area (Å²) in [4.78, 5) is 36.7. The van der Waals surface area contributed by atoms with Gasteiger partial charge in [0, 0.05) is 18.4 Å². The van der Waals surface area contributed by atoms with E-state index in [9.17, 15) is 14.4 Å². The molecule has 2 rings (SSSR count). The van der Waals surface area contributed by atoms with Gasteiger partial charge in [0.05, 0.1) is 12.5 Å². The van der Waals surface area contributed by atoms with Crippen molar-refractivity contribution in [2.45, 2.75) is 58.1 Å². The predicted molar refractivity (Wildman–Crippen MR) is 112 cm³/mol. The molecule has 2 aromatic carbocycles. The molecular formula is C24H29NO4. The number of amides is 1. The van der Waals surface area contributed by atoms with Crippen LogP contribution in [0.1, 0.15) is 68.4 Å².